The number of likely N-dealkylation sites (tertiary alicyclic amines) is 1. The van der Waals surface area contributed by atoms with E-state index < -0.39 is 12.0 Å². The van der Waals surface area contributed by atoms with Gasteiger partial charge in [0.2, 0.25) is 0 Å². The highest BCUT2D eigenvalue weighted by molar-refractivity contribution is 7.15. The number of methoxy groups -OCH3 is 1. The molecule has 1 fully saturated rings. The first kappa shape index (κ1) is 17.7. The van der Waals surface area contributed by atoms with Crippen LogP contribution < -0.4 is 0 Å². The molecule has 0 N–H and O–H groups in total. The van der Waals surface area contributed by atoms with Gasteiger partial charge in [0.1, 0.15) is 17.6 Å². The van der Waals surface area contributed by atoms with E-state index in [0.717, 1.165) is 12.8 Å². The van der Waals surface area contributed by atoms with E-state index in [1.165, 1.54) is 24.5 Å². The molecule has 8 heteroatoms. The Morgan fingerprint density at radius 3 is 2.89 bits per heavy atom. The molecule has 4 rings (SSSR count). The molecule has 1 aliphatic heterocycles. The van der Waals surface area contributed by atoms with Crippen LogP contribution in [0, 0.1) is 5.82 Å². The van der Waals surface area contributed by atoms with E-state index in [1.54, 1.807) is 39.1 Å². The fourth-order valence-corrected chi connectivity index (χ4v) is 4.29. The van der Waals surface area contributed by atoms with Crippen LogP contribution in [0.5, 0.6) is 0 Å². The third-order valence-electron chi connectivity index (χ3n) is 4.81. The summed E-state index contributed by atoms with van der Waals surface area (Å²) in [6, 6.07) is 5.83. The van der Waals surface area contributed by atoms with Gasteiger partial charge in [0.15, 0.2) is 4.96 Å². The summed E-state index contributed by atoms with van der Waals surface area (Å²) in [4.78, 5) is 31.8. The molecule has 1 aliphatic rings. The van der Waals surface area contributed by atoms with E-state index in [0.29, 0.717) is 34.9 Å². The van der Waals surface area contributed by atoms with Gasteiger partial charge in [-0.1, -0.05) is 12.1 Å². The zero-order chi connectivity index (χ0) is 19.0. The minimum absolute atomic E-state index is 0.242. The average Bonchev–Trinajstić information content (AvgIpc) is 3.28. The topological polar surface area (TPSA) is 63.9 Å². The van der Waals surface area contributed by atoms with Crippen molar-refractivity contribution in [2.24, 2.45) is 0 Å². The Morgan fingerprint density at radius 1 is 1.30 bits per heavy atom. The molecular formula is C19H18FN3O3S. The third kappa shape index (κ3) is 3.10. The first-order valence-electron chi connectivity index (χ1n) is 8.70. The SMILES string of the molecule is COC(=O)[C@@H]1CCCCN1C(=O)c1csc2nc(-c3ccccc3F)cn12. The molecule has 1 saturated heterocycles. The summed E-state index contributed by atoms with van der Waals surface area (Å²) in [5, 5.41) is 1.72. The molecule has 1 atom stereocenters. The molecule has 0 saturated carbocycles. The number of carbonyl (C=O) groups excluding carboxylic acids is 2. The van der Waals surface area contributed by atoms with Crippen LogP contribution in [0.1, 0.15) is 29.8 Å². The number of imidazole rings is 1. The van der Waals surface area contributed by atoms with Gasteiger partial charge in [0, 0.05) is 23.7 Å². The lowest BCUT2D eigenvalue weighted by Crippen LogP contribution is -2.48. The van der Waals surface area contributed by atoms with Gasteiger partial charge in [-0.15, -0.1) is 11.3 Å². The Kier molecular flexibility index (Phi) is 4.65. The molecule has 0 spiro atoms. The van der Waals surface area contributed by atoms with Gasteiger partial charge in [-0.05, 0) is 31.4 Å². The number of amides is 1. The van der Waals surface area contributed by atoms with E-state index in [-0.39, 0.29) is 11.7 Å². The highest BCUT2D eigenvalue weighted by Crippen LogP contribution is 2.27. The fraction of sp³-hybridized carbons (Fsp3) is 0.316. The lowest BCUT2D eigenvalue weighted by Gasteiger charge is -2.33. The van der Waals surface area contributed by atoms with Crippen molar-refractivity contribution < 1.29 is 18.7 Å². The second-order valence-electron chi connectivity index (χ2n) is 6.41. The maximum Gasteiger partial charge on any atom is 0.328 e. The minimum Gasteiger partial charge on any atom is -0.467 e. The Morgan fingerprint density at radius 2 is 2.11 bits per heavy atom. The molecule has 27 heavy (non-hydrogen) atoms. The van der Waals surface area contributed by atoms with Crippen LogP contribution in [0.3, 0.4) is 0 Å². The number of hydrogen-bond acceptors (Lipinski definition) is 5. The number of fused-ring (bicyclic) bond motifs is 1. The van der Waals surface area contributed by atoms with Gasteiger partial charge in [0.05, 0.1) is 12.8 Å². The Bertz CT molecular complexity index is 1010. The van der Waals surface area contributed by atoms with Gasteiger partial charge in [0.25, 0.3) is 5.91 Å². The monoisotopic (exact) mass is 387 g/mol. The highest BCUT2D eigenvalue weighted by atomic mass is 32.1. The summed E-state index contributed by atoms with van der Waals surface area (Å²) in [5.74, 6) is -1.00. The Balaban J connectivity index is 1.70. The molecule has 1 amide bonds. The molecule has 0 aliphatic carbocycles. The van der Waals surface area contributed by atoms with Crippen molar-refractivity contribution in [3.8, 4) is 11.3 Å². The smallest absolute Gasteiger partial charge is 0.328 e. The number of benzene rings is 1. The number of ether oxygens (including phenoxy) is 1. The van der Waals surface area contributed by atoms with Crippen LogP contribution in [0.4, 0.5) is 4.39 Å². The molecule has 3 heterocycles. The summed E-state index contributed by atoms with van der Waals surface area (Å²) in [6.45, 7) is 0.505. The number of esters is 1. The number of thiazole rings is 1. The van der Waals surface area contributed by atoms with Gasteiger partial charge >= 0.3 is 5.97 Å². The normalized spacial score (nSPS) is 17.3. The molecule has 2 aromatic heterocycles. The summed E-state index contributed by atoms with van der Waals surface area (Å²) in [7, 11) is 1.33. The van der Waals surface area contributed by atoms with Crippen LogP contribution in [0.15, 0.2) is 35.8 Å². The number of carbonyl (C=O) groups is 2. The molecule has 0 radical (unpaired) electrons. The first-order chi connectivity index (χ1) is 13.1. The van der Waals surface area contributed by atoms with Crippen LogP contribution in [0.2, 0.25) is 0 Å². The summed E-state index contributed by atoms with van der Waals surface area (Å²) in [5.41, 5.74) is 1.27. The molecule has 0 unspecified atom stereocenters. The minimum atomic E-state index is -0.569. The van der Waals surface area contributed by atoms with E-state index >= 15 is 0 Å². The van der Waals surface area contributed by atoms with Crippen molar-refractivity contribution in [2.75, 3.05) is 13.7 Å². The largest absolute Gasteiger partial charge is 0.467 e. The second kappa shape index (κ2) is 7.11. The lowest BCUT2D eigenvalue weighted by molar-refractivity contribution is -0.147. The quantitative estimate of drug-likeness (QED) is 0.647. The van der Waals surface area contributed by atoms with Gasteiger partial charge in [-0.2, -0.15) is 0 Å². The molecular weight excluding hydrogens is 369 g/mol. The number of hydrogen-bond donors (Lipinski definition) is 0. The van der Waals surface area contributed by atoms with Crippen molar-refractivity contribution in [3.63, 3.8) is 0 Å². The van der Waals surface area contributed by atoms with Gasteiger partial charge in [-0.3, -0.25) is 9.20 Å². The highest BCUT2D eigenvalue weighted by Gasteiger charge is 2.34. The molecule has 0 bridgehead atoms. The van der Waals surface area contributed by atoms with Crippen LogP contribution >= 0.6 is 11.3 Å². The third-order valence-corrected chi connectivity index (χ3v) is 5.65. The summed E-state index contributed by atoms with van der Waals surface area (Å²) < 4.78 is 20.6. The van der Waals surface area contributed by atoms with Gasteiger partial charge < -0.3 is 9.64 Å². The number of nitrogens with zero attached hydrogens (tertiary/aromatic N) is 3. The zero-order valence-electron chi connectivity index (χ0n) is 14.7. The van der Waals surface area contributed by atoms with Crippen molar-refractivity contribution in [1.29, 1.82) is 0 Å². The van der Waals surface area contributed by atoms with E-state index in [1.807, 2.05) is 0 Å². The maximum atomic E-state index is 14.1. The summed E-state index contributed by atoms with van der Waals surface area (Å²) >= 11 is 1.31. The second-order valence-corrected chi connectivity index (χ2v) is 7.25. The predicted molar refractivity (Wildman–Crippen MR) is 99.2 cm³/mol. The van der Waals surface area contributed by atoms with Crippen LogP contribution in [-0.4, -0.2) is 45.9 Å². The number of piperidine rings is 1. The number of aromatic nitrogens is 2. The number of halogens is 1. The predicted octanol–water partition coefficient (Wildman–Crippen LogP) is 3.37. The van der Waals surface area contributed by atoms with Crippen molar-refractivity contribution in [3.05, 3.63) is 47.4 Å². The Labute approximate surface area is 159 Å². The fourth-order valence-electron chi connectivity index (χ4n) is 3.44. The maximum absolute atomic E-state index is 14.1. The first-order valence-corrected chi connectivity index (χ1v) is 9.58. The summed E-state index contributed by atoms with van der Waals surface area (Å²) in [6.07, 6.45) is 3.98. The van der Waals surface area contributed by atoms with E-state index in [4.69, 9.17) is 4.74 Å². The Hall–Kier alpha value is -2.74. The molecule has 1 aromatic carbocycles. The van der Waals surface area contributed by atoms with E-state index in [2.05, 4.69) is 4.98 Å². The lowest BCUT2D eigenvalue weighted by atomic mass is 10.0. The van der Waals surface area contributed by atoms with Crippen molar-refractivity contribution in [1.82, 2.24) is 14.3 Å². The standard InChI is InChI=1S/C19H18FN3O3S/c1-26-18(25)15-8-4-5-9-22(15)17(24)16-11-27-19-21-14(10-23(16)19)12-6-2-3-7-13(12)20/h2-3,6-7,10-11,15H,4-5,8-9H2,1H3/t15-/m0/s1. The zero-order valence-corrected chi connectivity index (χ0v) is 15.5. The average molecular weight is 387 g/mol. The van der Waals surface area contributed by atoms with Crippen LogP contribution in [0.25, 0.3) is 16.2 Å². The number of rotatable bonds is 3. The molecule has 3 aromatic rings. The molecule has 6 nitrogen and oxygen atoms in total. The molecule has 140 valence electrons. The van der Waals surface area contributed by atoms with Crippen LogP contribution in [-0.2, 0) is 9.53 Å². The van der Waals surface area contributed by atoms with Gasteiger partial charge in [-0.25, -0.2) is 14.2 Å². The van der Waals surface area contributed by atoms with Crippen molar-refractivity contribution in [2.45, 2.75) is 25.3 Å². The van der Waals surface area contributed by atoms with Crippen molar-refractivity contribution >= 4 is 28.2 Å². The van der Waals surface area contributed by atoms with E-state index in [9.17, 15) is 14.0 Å².